The van der Waals surface area contributed by atoms with Crippen LogP contribution in [0.5, 0.6) is 0 Å². The molecule has 0 aliphatic carbocycles. The Hall–Kier alpha value is -1.85. The van der Waals surface area contributed by atoms with Gasteiger partial charge in [0.25, 0.3) is 5.91 Å². The Morgan fingerprint density at radius 2 is 2.09 bits per heavy atom. The van der Waals surface area contributed by atoms with Crippen LogP contribution in [0, 0.1) is 6.92 Å². The first-order chi connectivity index (χ1) is 10.6. The van der Waals surface area contributed by atoms with Crippen molar-refractivity contribution in [3.63, 3.8) is 0 Å². The van der Waals surface area contributed by atoms with Crippen molar-refractivity contribution in [2.75, 3.05) is 19.7 Å². The largest absolute Gasteiger partial charge is 0.375 e. The highest BCUT2D eigenvalue weighted by Gasteiger charge is 2.28. The molecule has 0 saturated carbocycles. The fourth-order valence-electron chi connectivity index (χ4n) is 2.64. The maximum Gasteiger partial charge on any atom is 0.259 e. The summed E-state index contributed by atoms with van der Waals surface area (Å²) in [4.78, 5) is 14.5. The van der Waals surface area contributed by atoms with Gasteiger partial charge in [0.2, 0.25) is 0 Å². The molecule has 1 aromatic carbocycles. The Labute approximate surface area is 134 Å². The number of para-hydroxylation sites is 1. The molecule has 0 N–H and O–H groups in total. The smallest absolute Gasteiger partial charge is 0.259 e. The standard InChI is InChI=1S/C16H18ClN3O2/c1-11-10-19(8-9-22-11)16(21)14-12(2)18-20(15(14)17)13-6-4-3-5-7-13/h3-7,11H,8-10H2,1-2H3/t11-/m0/s1. The highest BCUT2D eigenvalue weighted by atomic mass is 35.5. The number of nitrogens with zero attached hydrogens (tertiary/aromatic N) is 3. The average molecular weight is 320 g/mol. The molecule has 0 unspecified atom stereocenters. The van der Waals surface area contributed by atoms with E-state index in [2.05, 4.69) is 5.10 Å². The minimum Gasteiger partial charge on any atom is -0.375 e. The van der Waals surface area contributed by atoms with Crippen LogP contribution in [0.15, 0.2) is 30.3 Å². The van der Waals surface area contributed by atoms with Crippen LogP contribution in [0.3, 0.4) is 0 Å². The number of halogens is 1. The van der Waals surface area contributed by atoms with Gasteiger partial charge in [0.05, 0.1) is 29.7 Å². The number of hydrogen-bond donors (Lipinski definition) is 0. The molecule has 1 amide bonds. The van der Waals surface area contributed by atoms with Crippen LogP contribution in [0.1, 0.15) is 23.0 Å². The minimum atomic E-state index is -0.0835. The lowest BCUT2D eigenvalue weighted by atomic mass is 10.2. The molecule has 116 valence electrons. The summed E-state index contributed by atoms with van der Waals surface area (Å²) < 4.78 is 7.09. The van der Waals surface area contributed by atoms with E-state index in [9.17, 15) is 4.79 Å². The summed E-state index contributed by atoms with van der Waals surface area (Å²) >= 11 is 6.44. The fraction of sp³-hybridized carbons (Fsp3) is 0.375. The number of morpholine rings is 1. The molecular formula is C16H18ClN3O2. The molecule has 1 aromatic heterocycles. The first-order valence-electron chi connectivity index (χ1n) is 7.29. The molecule has 22 heavy (non-hydrogen) atoms. The summed E-state index contributed by atoms with van der Waals surface area (Å²) in [5.41, 5.74) is 1.95. The zero-order valence-corrected chi connectivity index (χ0v) is 13.4. The number of carbonyl (C=O) groups is 1. The quantitative estimate of drug-likeness (QED) is 0.855. The highest BCUT2D eigenvalue weighted by Crippen LogP contribution is 2.25. The third-order valence-electron chi connectivity index (χ3n) is 3.75. The van der Waals surface area contributed by atoms with Crippen molar-refractivity contribution < 1.29 is 9.53 Å². The average Bonchev–Trinajstić information content (AvgIpc) is 2.82. The van der Waals surface area contributed by atoms with E-state index >= 15 is 0 Å². The van der Waals surface area contributed by atoms with E-state index in [0.717, 1.165) is 5.69 Å². The summed E-state index contributed by atoms with van der Waals surface area (Å²) in [7, 11) is 0. The maximum absolute atomic E-state index is 12.8. The van der Waals surface area contributed by atoms with Gasteiger partial charge in [0, 0.05) is 13.1 Å². The van der Waals surface area contributed by atoms with Crippen molar-refractivity contribution in [3.05, 3.63) is 46.7 Å². The maximum atomic E-state index is 12.8. The van der Waals surface area contributed by atoms with Crippen molar-refractivity contribution in [1.82, 2.24) is 14.7 Å². The lowest BCUT2D eigenvalue weighted by Crippen LogP contribution is -2.44. The van der Waals surface area contributed by atoms with Crippen molar-refractivity contribution in [3.8, 4) is 5.69 Å². The number of aromatic nitrogens is 2. The molecule has 0 spiro atoms. The van der Waals surface area contributed by atoms with E-state index < -0.39 is 0 Å². The van der Waals surface area contributed by atoms with E-state index in [1.807, 2.05) is 44.2 Å². The van der Waals surface area contributed by atoms with E-state index in [0.29, 0.717) is 36.1 Å². The zero-order chi connectivity index (χ0) is 15.7. The van der Waals surface area contributed by atoms with Gasteiger partial charge in [-0.3, -0.25) is 4.79 Å². The van der Waals surface area contributed by atoms with Crippen LogP contribution >= 0.6 is 11.6 Å². The van der Waals surface area contributed by atoms with Crippen molar-refractivity contribution in [1.29, 1.82) is 0 Å². The lowest BCUT2D eigenvalue weighted by molar-refractivity contribution is -0.0124. The number of benzene rings is 1. The summed E-state index contributed by atoms with van der Waals surface area (Å²) in [6, 6.07) is 9.56. The van der Waals surface area contributed by atoms with E-state index in [1.165, 1.54) is 0 Å². The van der Waals surface area contributed by atoms with Crippen LogP contribution in [0.25, 0.3) is 5.69 Å². The molecule has 1 atom stereocenters. The molecular weight excluding hydrogens is 302 g/mol. The first kappa shape index (κ1) is 15.1. The van der Waals surface area contributed by atoms with E-state index in [1.54, 1.807) is 9.58 Å². The predicted molar refractivity (Wildman–Crippen MR) is 84.6 cm³/mol. The van der Waals surface area contributed by atoms with Crippen LogP contribution in [-0.4, -0.2) is 46.4 Å². The SMILES string of the molecule is Cc1nn(-c2ccccc2)c(Cl)c1C(=O)N1CCO[C@@H](C)C1. The summed E-state index contributed by atoms with van der Waals surface area (Å²) in [6.45, 7) is 5.47. The number of amides is 1. The molecule has 1 fully saturated rings. The lowest BCUT2D eigenvalue weighted by Gasteiger charge is -2.31. The van der Waals surface area contributed by atoms with Gasteiger partial charge in [-0.05, 0) is 26.0 Å². The van der Waals surface area contributed by atoms with E-state index in [4.69, 9.17) is 16.3 Å². The van der Waals surface area contributed by atoms with Gasteiger partial charge in [-0.25, -0.2) is 4.68 Å². The second-order valence-corrected chi connectivity index (χ2v) is 5.79. The molecule has 2 heterocycles. The third kappa shape index (κ3) is 2.74. The molecule has 1 aliphatic heterocycles. The Bertz CT molecular complexity index is 684. The number of carbonyl (C=O) groups excluding carboxylic acids is 1. The second kappa shape index (κ2) is 6.10. The van der Waals surface area contributed by atoms with Crippen LogP contribution in [-0.2, 0) is 4.74 Å². The van der Waals surface area contributed by atoms with Gasteiger partial charge in [-0.2, -0.15) is 5.10 Å². The highest BCUT2D eigenvalue weighted by molar-refractivity contribution is 6.33. The summed E-state index contributed by atoms with van der Waals surface area (Å²) in [5.74, 6) is -0.0835. The normalized spacial score (nSPS) is 18.5. The molecule has 0 radical (unpaired) electrons. The molecule has 2 aromatic rings. The first-order valence-corrected chi connectivity index (χ1v) is 7.67. The molecule has 0 bridgehead atoms. The second-order valence-electron chi connectivity index (χ2n) is 5.43. The topological polar surface area (TPSA) is 47.4 Å². The molecule has 6 heteroatoms. The van der Waals surface area contributed by atoms with Gasteiger partial charge in [-0.15, -0.1) is 0 Å². The molecule has 5 nitrogen and oxygen atoms in total. The number of hydrogen-bond acceptors (Lipinski definition) is 3. The monoisotopic (exact) mass is 319 g/mol. The predicted octanol–water partition coefficient (Wildman–Crippen LogP) is 2.70. The van der Waals surface area contributed by atoms with Crippen LogP contribution in [0.2, 0.25) is 5.15 Å². The minimum absolute atomic E-state index is 0.0425. The Morgan fingerprint density at radius 1 is 1.36 bits per heavy atom. The van der Waals surface area contributed by atoms with Crippen molar-refractivity contribution >= 4 is 17.5 Å². The summed E-state index contributed by atoms with van der Waals surface area (Å²) in [5, 5.41) is 4.78. The van der Waals surface area contributed by atoms with Crippen molar-refractivity contribution in [2.45, 2.75) is 20.0 Å². The Kier molecular flexibility index (Phi) is 4.18. The zero-order valence-electron chi connectivity index (χ0n) is 12.6. The Morgan fingerprint density at radius 3 is 2.77 bits per heavy atom. The van der Waals surface area contributed by atoms with Gasteiger partial charge in [-0.1, -0.05) is 29.8 Å². The van der Waals surface area contributed by atoms with E-state index in [-0.39, 0.29) is 12.0 Å². The van der Waals surface area contributed by atoms with Gasteiger partial charge in [0.1, 0.15) is 5.15 Å². The van der Waals surface area contributed by atoms with Crippen LogP contribution in [0.4, 0.5) is 0 Å². The Balaban J connectivity index is 1.94. The van der Waals surface area contributed by atoms with Gasteiger partial charge < -0.3 is 9.64 Å². The van der Waals surface area contributed by atoms with Crippen LogP contribution < -0.4 is 0 Å². The fourth-order valence-corrected chi connectivity index (χ4v) is 3.00. The number of rotatable bonds is 2. The van der Waals surface area contributed by atoms with Gasteiger partial charge >= 0.3 is 0 Å². The number of ether oxygens (including phenoxy) is 1. The molecule has 1 saturated heterocycles. The molecule has 3 rings (SSSR count). The third-order valence-corrected chi connectivity index (χ3v) is 4.10. The molecule has 1 aliphatic rings. The van der Waals surface area contributed by atoms with Gasteiger partial charge in [0.15, 0.2) is 0 Å². The van der Waals surface area contributed by atoms with Crippen molar-refractivity contribution in [2.24, 2.45) is 0 Å². The summed E-state index contributed by atoms with van der Waals surface area (Å²) in [6.07, 6.45) is 0.0425. The number of aryl methyl sites for hydroxylation is 1.